The monoisotopic (exact) mass is 333 g/mol. The number of rotatable bonds is 2. The van der Waals surface area contributed by atoms with Crippen molar-refractivity contribution in [2.75, 3.05) is 25.2 Å². The van der Waals surface area contributed by atoms with E-state index >= 15 is 0 Å². The number of fused-ring (bicyclic) bond motifs is 2. The number of hydrogen-bond donors (Lipinski definition) is 0. The van der Waals surface area contributed by atoms with Gasteiger partial charge in [-0.05, 0) is 41.1 Å². The Morgan fingerprint density at radius 1 is 0.880 bits per heavy atom. The highest BCUT2D eigenvalue weighted by Crippen LogP contribution is 2.31. The van der Waals surface area contributed by atoms with Gasteiger partial charge in [-0.3, -0.25) is 4.79 Å². The highest BCUT2D eigenvalue weighted by molar-refractivity contribution is 6.07. The number of benzene rings is 3. The van der Waals surface area contributed by atoms with Gasteiger partial charge in [0, 0.05) is 24.7 Å². The van der Waals surface area contributed by atoms with Gasteiger partial charge < -0.3 is 14.4 Å². The normalized spacial score (nSPS) is 13.3. The number of amides is 1. The first-order chi connectivity index (χ1) is 12.2. The molecule has 1 amide bonds. The summed E-state index contributed by atoms with van der Waals surface area (Å²) in [5.74, 6) is 1.25. The summed E-state index contributed by atoms with van der Waals surface area (Å²) in [5.41, 5.74) is 1.44. The standard InChI is InChI=1S/C21H19NO3/c1-22(18-9-7-15-5-2-3-6-16(15)13-18)21(23)17-8-10-19-20(14-17)25-12-4-11-24-19/h2-3,5-10,13-14H,4,11-12H2,1H3. The van der Waals surface area contributed by atoms with E-state index in [4.69, 9.17) is 9.47 Å². The minimum atomic E-state index is -0.0778. The van der Waals surface area contributed by atoms with E-state index in [1.807, 2.05) is 42.5 Å². The Bertz CT molecular complexity index is 935. The first-order valence-electron chi connectivity index (χ1n) is 8.39. The maximum atomic E-state index is 12.9. The van der Waals surface area contributed by atoms with Gasteiger partial charge in [0.15, 0.2) is 11.5 Å². The summed E-state index contributed by atoms with van der Waals surface area (Å²) in [6, 6.07) is 19.5. The van der Waals surface area contributed by atoms with Crippen LogP contribution in [0.25, 0.3) is 10.8 Å². The molecular formula is C21H19NO3. The van der Waals surface area contributed by atoms with E-state index in [1.54, 1.807) is 24.1 Å². The number of carbonyl (C=O) groups is 1. The molecule has 3 aromatic carbocycles. The van der Waals surface area contributed by atoms with Crippen molar-refractivity contribution in [1.29, 1.82) is 0 Å². The molecule has 4 rings (SSSR count). The van der Waals surface area contributed by atoms with Crippen LogP contribution in [0.1, 0.15) is 16.8 Å². The molecule has 1 aliphatic heterocycles. The Balaban J connectivity index is 1.64. The molecule has 126 valence electrons. The topological polar surface area (TPSA) is 38.8 Å². The van der Waals surface area contributed by atoms with Gasteiger partial charge in [0.05, 0.1) is 13.2 Å². The van der Waals surface area contributed by atoms with E-state index in [0.717, 1.165) is 22.9 Å². The molecule has 0 aliphatic carbocycles. The highest BCUT2D eigenvalue weighted by Gasteiger charge is 2.18. The fraction of sp³-hybridized carbons (Fsp3) is 0.190. The third-order valence-electron chi connectivity index (χ3n) is 4.42. The quantitative estimate of drug-likeness (QED) is 0.703. The van der Waals surface area contributed by atoms with Crippen molar-refractivity contribution in [3.8, 4) is 11.5 Å². The van der Waals surface area contributed by atoms with Crippen molar-refractivity contribution in [2.45, 2.75) is 6.42 Å². The van der Waals surface area contributed by atoms with E-state index in [-0.39, 0.29) is 5.91 Å². The molecule has 0 fully saturated rings. The van der Waals surface area contributed by atoms with E-state index < -0.39 is 0 Å². The predicted molar refractivity (Wildman–Crippen MR) is 98.7 cm³/mol. The molecule has 0 radical (unpaired) electrons. The smallest absolute Gasteiger partial charge is 0.258 e. The average Bonchev–Trinajstić information content (AvgIpc) is 2.91. The molecule has 0 atom stereocenters. The molecule has 3 aromatic rings. The average molecular weight is 333 g/mol. The summed E-state index contributed by atoms with van der Waals surface area (Å²) in [5, 5.41) is 2.26. The van der Waals surface area contributed by atoms with Crippen LogP contribution in [-0.4, -0.2) is 26.2 Å². The summed E-state index contributed by atoms with van der Waals surface area (Å²) < 4.78 is 11.3. The minimum Gasteiger partial charge on any atom is -0.490 e. The van der Waals surface area contributed by atoms with E-state index in [0.29, 0.717) is 30.3 Å². The van der Waals surface area contributed by atoms with Crippen molar-refractivity contribution in [3.05, 3.63) is 66.2 Å². The molecule has 0 saturated carbocycles. The lowest BCUT2D eigenvalue weighted by Gasteiger charge is -2.19. The molecular weight excluding hydrogens is 314 g/mol. The maximum absolute atomic E-state index is 12.9. The molecule has 25 heavy (non-hydrogen) atoms. The number of hydrogen-bond acceptors (Lipinski definition) is 3. The Hall–Kier alpha value is -3.01. The zero-order valence-electron chi connectivity index (χ0n) is 14.1. The summed E-state index contributed by atoms with van der Waals surface area (Å²) in [4.78, 5) is 14.5. The van der Waals surface area contributed by atoms with Crippen LogP contribution in [0.4, 0.5) is 5.69 Å². The lowest BCUT2D eigenvalue weighted by molar-refractivity contribution is 0.0992. The molecule has 1 heterocycles. The second-order valence-electron chi connectivity index (χ2n) is 6.11. The van der Waals surface area contributed by atoms with Gasteiger partial charge in [0.2, 0.25) is 0 Å². The molecule has 0 unspecified atom stereocenters. The first-order valence-corrected chi connectivity index (χ1v) is 8.39. The van der Waals surface area contributed by atoms with Gasteiger partial charge in [0.1, 0.15) is 0 Å². The molecule has 0 spiro atoms. The molecule has 0 saturated heterocycles. The van der Waals surface area contributed by atoms with Gasteiger partial charge in [0.25, 0.3) is 5.91 Å². The lowest BCUT2D eigenvalue weighted by Crippen LogP contribution is -2.26. The van der Waals surface area contributed by atoms with Crippen LogP contribution in [0, 0.1) is 0 Å². The maximum Gasteiger partial charge on any atom is 0.258 e. The highest BCUT2D eigenvalue weighted by atomic mass is 16.5. The molecule has 0 aromatic heterocycles. The fourth-order valence-corrected chi connectivity index (χ4v) is 2.99. The zero-order valence-corrected chi connectivity index (χ0v) is 14.1. The molecule has 0 bridgehead atoms. The van der Waals surface area contributed by atoms with Gasteiger partial charge in [-0.2, -0.15) is 0 Å². The van der Waals surface area contributed by atoms with Gasteiger partial charge in [-0.15, -0.1) is 0 Å². The number of carbonyl (C=O) groups excluding carboxylic acids is 1. The Kier molecular flexibility index (Phi) is 4.02. The molecule has 4 heteroatoms. The van der Waals surface area contributed by atoms with Crippen molar-refractivity contribution in [2.24, 2.45) is 0 Å². The van der Waals surface area contributed by atoms with Crippen LogP contribution in [0.15, 0.2) is 60.7 Å². The van der Waals surface area contributed by atoms with E-state index in [1.165, 1.54) is 0 Å². The minimum absolute atomic E-state index is 0.0778. The van der Waals surface area contributed by atoms with Crippen LogP contribution in [-0.2, 0) is 0 Å². The van der Waals surface area contributed by atoms with Crippen LogP contribution in [0.3, 0.4) is 0 Å². The second kappa shape index (κ2) is 6.48. The van der Waals surface area contributed by atoms with Gasteiger partial charge >= 0.3 is 0 Å². The number of anilines is 1. The van der Waals surface area contributed by atoms with Crippen LogP contribution >= 0.6 is 0 Å². The van der Waals surface area contributed by atoms with E-state index in [9.17, 15) is 4.79 Å². The van der Waals surface area contributed by atoms with Gasteiger partial charge in [-0.1, -0.05) is 30.3 Å². The largest absolute Gasteiger partial charge is 0.490 e. The summed E-state index contributed by atoms with van der Waals surface area (Å²) in [6.07, 6.45) is 0.842. The second-order valence-corrected chi connectivity index (χ2v) is 6.11. The SMILES string of the molecule is CN(C(=O)c1ccc2c(c1)OCCCO2)c1ccc2ccccc2c1. The third kappa shape index (κ3) is 3.03. The predicted octanol–water partition coefficient (Wildman–Crippen LogP) is 4.28. The summed E-state index contributed by atoms with van der Waals surface area (Å²) in [7, 11) is 1.79. The zero-order chi connectivity index (χ0) is 17.2. The Morgan fingerprint density at radius 2 is 1.64 bits per heavy atom. The molecule has 0 N–H and O–H groups in total. The van der Waals surface area contributed by atoms with Crippen molar-refractivity contribution in [1.82, 2.24) is 0 Å². The molecule has 4 nitrogen and oxygen atoms in total. The summed E-state index contributed by atoms with van der Waals surface area (Å²) in [6.45, 7) is 1.24. The van der Waals surface area contributed by atoms with E-state index in [2.05, 4.69) is 6.07 Å². The van der Waals surface area contributed by atoms with Crippen LogP contribution < -0.4 is 14.4 Å². The number of ether oxygens (including phenoxy) is 2. The Morgan fingerprint density at radius 3 is 2.48 bits per heavy atom. The van der Waals surface area contributed by atoms with Crippen molar-refractivity contribution < 1.29 is 14.3 Å². The number of nitrogens with zero attached hydrogens (tertiary/aromatic N) is 1. The first kappa shape index (κ1) is 15.5. The third-order valence-corrected chi connectivity index (χ3v) is 4.42. The summed E-state index contributed by atoms with van der Waals surface area (Å²) >= 11 is 0. The molecule has 1 aliphatic rings. The fourth-order valence-electron chi connectivity index (χ4n) is 2.99. The van der Waals surface area contributed by atoms with Gasteiger partial charge in [-0.25, -0.2) is 0 Å². The van der Waals surface area contributed by atoms with Crippen LogP contribution in [0.5, 0.6) is 11.5 Å². The van der Waals surface area contributed by atoms with Crippen LogP contribution in [0.2, 0.25) is 0 Å². The van der Waals surface area contributed by atoms with Crippen molar-refractivity contribution >= 4 is 22.4 Å². The Labute approximate surface area is 146 Å². The lowest BCUT2D eigenvalue weighted by atomic mass is 10.1. The van der Waals surface area contributed by atoms with Crippen molar-refractivity contribution in [3.63, 3.8) is 0 Å².